The van der Waals surface area contributed by atoms with Crippen molar-refractivity contribution in [3.05, 3.63) is 45.6 Å². The van der Waals surface area contributed by atoms with Crippen molar-refractivity contribution in [3.63, 3.8) is 0 Å². The lowest BCUT2D eigenvalue weighted by molar-refractivity contribution is 0.0338. The molecule has 0 radical (unpaired) electrons. The van der Waals surface area contributed by atoms with Gasteiger partial charge in [0.15, 0.2) is 0 Å². The Bertz CT molecular complexity index is 885. The van der Waals surface area contributed by atoms with E-state index >= 15 is 0 Å². The number of hydrogen-bond acceptors (Lipinski definition) is 6. The number of ether oxygens (including phenoxy) is 2. The van der Waals surface area contributed by atoms with E-state index in [1.165, 1.54) is 11.1 Å². The fourth-order valence-electron chi connectivity index (χ4n) is 4.15. The van der Waals surface area contributed by atoms with Crippen LogP contribution in [0.2, 0.25) is 0 Å². The van der Waals surface area contributed by atoms with Crippen LogP contribution in [0.25, 0.3) is 0 Å². The van der Waals surface area contributed by atoms with Gasteiger partial charge in [0.1, 0.15) is 11.6 Å². The van der Waals surface area contributed by atoms with E-state index in [1.54, 1.807) is 11.8 Å². The van der Waals surface area contributed by atoms with Gasteiger partial charge in [-0.25, -0.2) is 9.48 Å². The lowest BCUT2D eigenvalue weighted by Crippen LogP contribution is -2.37. The van der Waals surface area contributed by atoms with E-state index in [0.29, 0.717) is 19.6 Å². The third kappa shape index (κ3) is 4.55. The second-order valence-corrected chi connectivity index (χ2v) is 7.82. The standard InChI is InChI=1S/C21H31N5O3/c1-3-6-26-21(27)25-8-7-24(16-20(25)22-26)14-17-4-5-19(28-2)18(13-17)15-23-9-11-29-12-10-23/h4-5,13H,3,6-12,14-16H2,1-2H3. The molecule has 1 saturated heterocycles. The molecule has 2 aliphatic heterocycles. The molecule has 8 heteroatoms. The molecule has 0 N–H and O–H groups in total. The highest BCUT2D eigenvalue weighted by Gasteiger charge is 2.22. The maximum atomic E-state index is 12.4. The number of aryl methyl sites for hydroxylation is 1. The number of fused-ring (bicyclic) bond motifs is 1. The second kappa shape index (κ2) is 9.11. The maximum absolute atomic E-state index is 12.4. The largest absolute Gasteiger partial charge is 0.496 e. The van der Waals surface area contributed by atoms with Crippen molar-refractivity contribution >= 4 is 0 Å². The Morgan fingerprint density at radius 2 is 1.93 bits per heavy atom. The minimum absolute atomic E-state index is 0.0266. The summed E-state index contributed by atoms with van der Waals surface area (Å²) in [7, 11) is 1.73. The summed E-state index contributed by atoms with van der Waals surface area (Å²) in [4.78, 5) is 17.2. The van der Waals surface area contributed by atoms with Crippen molar-refractivity contribution in [2.24, 2.45) is 0 Å². The van der Waals surface area contributed by atoms with E-state index in [1.807, 2.05) is 4.57 Å². The third-order valence-corrected chi connectivity index (χ3v) is 5.69. The van der Waals surface area contributed by atoms with Gasteiger partial charge in [0, 0.05) is 51.4 Å². The topological polar surface area (TPSA) is 64.8 Å². The van der Waals surface area contributed by atoms with Gasteiger partial charge in [0.2, 0.25) is 0 Å². The zero-order chi connectivity index (χ0) is 20.2. The van der Waals surface area contributed by atoms with Crippen molar-refractivity contribution in [2.45, 2.75) is 46.1 Å². The fourth-order valence-corrected chi connectivity index (χ4v) is 4.15. The van der Waals surface area contributed by atoms with Crippen LogP contribution >= 0.6 is 0 Å². The summed E-state index contributed by atoms with van der Waals surface area (Å²) in [5.74, 6) is 1.81. The molecular weight excluding hydrogens is 370 g/mol. The Balaban J connectivity index is 1.46. The van der Waals surface area contributed by atoms with Crippen LogP contribution in [0.1, 0.15) is 30.3 Å². The summed E-state index contributed by atoms with van der Waals surface area (Å²) in [5, 5.41) is 4.54. The quantitative estimate of drug-likeness (QED) is 0.697. The number of hydrogen-bond donors (Lipinski definition) is 0. The van der Waals surface area contributed by atoms with E-state index in [-0.39, 0.29) is 5.69 Å². The van der Waals surface area contributed by atoms with E-state index < -0.39 is 0 Å². The summed E-state index contributed by atoms with van der Waals surface area (Å²) < 4.78 is 14.5. The van der Waals surface area contributed by atoms with Crippen LogP contribution in [-0.4, -0.2) is 64.1 Å². The smallest absolute Gasteiger partial charge is 0.345 e. The number of nitrogens with zero attached hydrogens (tertiary/aromatic N) is 5. The fraction of sp³-hybridized carbons (Fsp3) is 0.619. The Morgan fingerprint density at radius 3 is 2.69 bits per heavy atom. The van der Waals surface area contributed by atoms with Crippen LogP contribution in [0.5, 0.6) is 5.75 Å². The first-order chi connectivity index (χ1) is 14.2. The average molecular weight is 402 g/mol. The lowest BCUT2D eigenvalue weighted by atomic mass is 10.1. The van der Waals surface area contributed by atoms with E-state index in [0.717, 1.165) is 63.9 Å². The molecule has 4 rings (SSSR count). The summed E-state index contributed by atoms with van der Waals surface area (Å²) in [6.07, 6.45) is 0.915. The highest BCUT2D eigenvalue weighted by molar-refractivity contribution is 5.37. The van der Waals surface area contributed by atoms with Gasteiger partial charge in [-0.2, -0.15) is 5.10 Å². The monoisotopic (exact) mass is 401 g/mol. The minimum Gasteiger partial charge on any atom is -0.496 e. The highest BCUT2D eigenvalue weighted by Crippen LogP contribution is 2.23. The van der Waals surface area contributed by atoms with E-state index in [9.17, 15) is 4.79 Å². The molecule has 1 fully saturated rings. The SMILES string of the molecule is CCCn1nc2n(c1=O)CCN(Cc1ccc(OC)c(CN3CCOCC3)c1)C2. The molecular formula is C21H31N5O3. The molecule has 0 aliphatic carbocycles. The van der Waals surface area contributed by atoms with Crippen LogP contribution in [0.3, 0.4) is 0 Å². The molecule has 2 aliphatic rings. The molecule has 0 bridgehead atoms. The first-order valence-corrected chi connectivity index (χ1v) is 10.5. The molecule has 0 saturated carbocycles. The van der Waals surface area contributed by atoms with E-state index in [4.69, 9.17) is 9.47 Å². The van der Waals surface area contributed by atoms with Gasteiger partial charge in [-0.3, -0.25) is 14.4 Å². The Kier molecular flexibility index (Phi) is 6.32. The zero-order valence-corrected chi connectivity index (χ0v) is 17.5. The zero-order valence-electron chi connectivity index (χ0n) is 17.5. The van der Waals surface area contributed by atoms with Crippen LogP contribution in [0.4, 0.5) is 0 Å². The van der Waals surface area contributed by atoms with Crippen molar-refractivity contribution in [3.8, 4) is 5.75 Å². The lowest BCUT2D eigenvalue weighted by Gasteiger charge is -2.28. The number of rotatable bonds is 7. The van der Waals surface area contributed by atoms with Gasteiger partial charge in [0.05, 0.1) is 26.9 Å². The molecule has 8 nitrogen and oxygen atoms in total. The predicted octanol–water partition coefficient (Wildman–Crippen LogP) is 1.31. The number of morpholine rings is 1. The average Bonchev–Trinajstić information content (AvgIpc) is 3.04. The third-order valence-electron chi connectivity index (χ3n) is 5.69. The summed E-state index contributed by atoms with van der Waals surface area (Å²) in [5.41, 5.74) is 2.50. The van der Waals surface area contributed by atoms with Gasteiger partial charge < -0.3 is 9.47 Å². The number of methoxy groups -OCH3 is 1. The van der Waals surface area contributed by atoms with Gasteiger partial charge in [-0.15, -0.1) is 0 Å². The van der Waals surface area contributed by atoms with Crippen LogP contribution in [-0.2, 0) is 37.5 Å². The molecule has 1 aromatic carbocycles. The molecule has 0 unspecified atom stereocenters. The maximum Gasteiger partial charge on any atom is 0.345 e. The summed E-state index contributed by atoms with van der Waals surface area (Å²) >= 11 is 0. The molecule has 0 amide bonds. The molecule has 2 aromatic rings. The van der Waals surface area contributed by atoms with Crippen molar-refractivity contribution < 1.29 is 9.47 Å². The van der Waals surface area contributed by atoms with Gasteiger partial charge >= 0.3 is 5.69 Å². The molecule has 3 heterocycles. The second-order valence-electron chi connectivity index (χ2n) is 7.82. The summed E-state index contributed by atoms with van der Waals surface area (Å²) in [6.45, 7) is 10.2. The molecule has 0 spiro atoms. The minimum atomic E-state index is 0.0266. The van der Waals surface area contributed by atoms with Crippen molar-refractivity contribution in [2.75, 3.05) is 40.0 Å². The molecule has 158 valence electrons. The Labute approximate surface area is 171 Å². The summed E-state index contributed by atoms with van der Waals surface area (Å²) in [6, 6.07) is 6.46. The number of benzene rings is 1. The normalized spacial score (nSPS) is 18.0. The predicted molar refractivity (Wildman–Crippen MR) is 110 cm³/mol. The highest BCUT2D eigenvalue weighted by atomic mass is 16.5. The van der Waals surface area contributed by atoms with E-state index in [2.05, 4.69) is 40.0 Å². The Morgan fingerprint density at radius 1 is 1.10 bits per heavy atom. The Hall–Kier alpha value is -2.16. The molecule has 1 aromatic heterocycles. The van der Waals surface area contributed by atoms with Crippen molar-refractivity contribution in [1.29, 1.82) is 0 Å². The first-order valence-electron chi connectivity index (χ1n) is 10.5. The first kappa shape index (κ1) is 20.1. The van der Waals surface area contributed by atoms with Crippen molar-refractivity contribution in [1.82, 2.24) is 24.1 Å². The van der Waals surface area contributed by atoms with Gasteiger partial charge in [0.25, 0.3) is 0 Å². The number of aromatic nitrogens is 3. The van der Waals surface area contributed by atoms with Crippen LogP contribution < -0.4 is 10.4 Å². The molecule has 29 heavy (non-hydrogen) atoms. The van der Waals surface area contributed by atoms with Crippen LogP contribution in [0.15, 0.2) is 23.0 Å². The van der Waals surface area contributed by atoms with Gasteiger partial charge in [-0.05, 0) is 24.1 Å². The molecule has 0 atom stereocenters. The van der Waals surface area contributed by atoms with Gasteiger partial charge in [-0.1, -0.05) is 13.0 Å². The van der Waals surface area contributed by atoms with Crippen LogP contribution in [0, 0.1) is 0 Å².